The molecule has 0 bridgehead atoms. The SMILES string of the molecule is CCn1c2ccccc2c2ccc([C@H](NS(=O)c3c(C(C)C)cc(C(C)C)cc3C(C)C)C(=O)N(C(C)C)C(C)C)cc21. The quantitative estimate of drug-likeness (QED) is 0.186. The third kappa shape index (κ3) is 6.46. The lowest BCUT2D eigenvalue weighted by atomic mass is 9.89. The zero-order chi connectivity index (χ0) is 31.7. The molecule has 0 aliphatic heterocycles. The van der Waals surface area contributed by atoms with Gasteiger partial charge < -0.3 is 9.47 Å². The van der Waals surface area contributed by atoms with Crippen LogP contribution in [0.5, 0.6) is 0 Å². The van der Waals surface area contributed by atoms with Gasteiger partial charge in [0, 0.05) is 40.4 Å². The van der Waals surface area contributed by atoms with Crippen molar-refractivity contribution < 1.29 is 9.00 Å². The lowest BCUT2D eigenvalue weighted by Gasteiger charge is -2.34. The maximum atomic E-state index is 14.6. The topological polar surface area (TPSA) is 54.3 Å². The molecule has 3 aromatic carbocycles. The monoisotopic (exact) mass is 601 g/mol. The molecule has 4 aromatic rings. The molecule has 4 rings (SSSR count). The van der Waals surface area contributed by atoms with Gasteiger partial charge in [0.05, 0.1) is 4.90 Å². The minimum atomic E-state index is -1.62. The zero-order valence-corrected chi connectivity index (χ0v) is 28.8. The van der Waals surface area contributed by atoms with Gasteiger partial charge in [0.25, 0.3) is 0 Å². The highest BCUT2D eigenvalue weighted by molar-refractivity contribution is 7.83. The van der Waals surface area contributed by atoms with Gasteiger partial charge in [0.2, 0.25) is 5.91 Å². The van der Waals surface area contributed by atoms with Crippen molar-refractivity contribution in [2.45, 2.75) is 123 Å². The molecule has 0 fully saturated rings. The smallest absolute Gasteiger partial charge is 0.245 e. The van der Waals surface area contributed by atoms with Crippen molar-refractivity contribution in [3.05, 3.63) is 76.9 Å². The van der Waals surface area contributed by atoms with Crippen LogP contribution < -0.4 is 4.72 Å². The number of hydrogen-bond acceptors (Lipinski definition) is 2. The van der Waals surface area contributed by atoms with Gasteiger partial charge in [0.1, 0.15) is 17.0 Å². The van der Waals surface area contributed by atoms with Crippen molar-refractivity contribution in [3.63, 3.8) is 0 Å². The van der Waals surface area contributed by atoms with Crippen LogP contribution >= 0.6 is 0 Å². The van der Waals surface area contributed by atoms with E-state index in [4.69, 9.17) is 0 Å². The van der Waals surface area contributed by atoms with E-state index >= 15 is 0 Å². The maximum Gasteiger partial charge on any atom is 0.245 e. The van der Waals surface area contributed by atoms with Crippen LogP contribution in [-0.2, 0) is 22.3 Å². The Balaban J connectivity index is 1.92. The van der Waals surface area contributed by atoms with E-state index in [1.165, 1.54) is 16.5 Å². The fourth-order valence-electron chi connectivity index (χ4n) is 6.37. The number of hydrogen-bond donors (Lipinski definition) is 1. The Kier molecular flexibility index (Phi) is 10.2. The average molecular weight is 602 g/mol. The third-order valence-electron chi connectivity index (χ3n) is 8.55. The second-order valence-corrected chi connectivity index (χ2v) is 14.5. The number of benzene rings is 3. The molecule has 1 aromatic heterocycles. The van der Waals surface area contributed by atoms with E-state index in [0.717, 1.165) is 39.0 Å². The van der Waals surface area contributed by atoms with Gasteiger partial charge in [-0.3, -0.25) is 4.79 Å². The van der Waals surface area contributed by atoms with Gasteiger partial charge in [0.15, 0.2) is 0 Å². The number of nitrogens with one attached hydrogen (secondary N) is 1. The predicted molar refractivity (Wildman–Crippen MR) is 183 cm³/mol. The van der Waals surface area contributed by atoms with Gasteiger partial charge in [-0.25, -0.2) is 8.93 Å². The van der Waals surface area contributed by atoms with Crippen molar-refractivity contribution in [2.24, 2.45) is 0 Å². The largest absolute Gasteiger partial charge is 0.341 e. The predicted octanol–water partition coefficient (Wildman–Crippen LogP) is 9.18. The molecule has 0 aliphatic carbocycles. The fraction of sp³-hybridized carbons (Fsp3) is 0.486. The molecule has 0 radical (unpaired) electrons. The summed E-state index contributed by atoms with van der Waals surface area (Å²) in [5, 5.41) is 2.36. The summed E-state index contributed by atoms with van der Waals surface area (Å²) in [5.74, 6) is 0.673. The van der Waals surface area contributed by atoms with E-state index in [-0.39, 0.29) is 29.8 Å². The first-order valence-electron chi connectivity index (χ1n) is 16.0. The molecule has 0 saturated heterocycles. The van der Waals surface area contributed by atoms with Crippen molar-refractivity contribution >= 4 is 38.7 Å². The lowest BCUT2D eigenvalue weighted by Crippen LogP contribution is -2.48. The highest BCUT2D eigenvalue weighted by atomic mass is 32.2. The number of aryl methyl sites for hydroxylation is 1. The minimum Gasteiger partial charge on any atom is -0.341 e. The van der Waals surface area contributed by atoms with Crippen molar-refractivity contribution in [1.82, 2.24) is 14.2 Å². The number of amides is 1. The van der Waals surface area contributed by atoms with E-state index < -0.39 is 17.0 Å². The minimum absolute atomic E-state index is 0.00108. The Morgan fingerprint density at radius 1 is 0.744 bits per heavy atom. The van der Waals surface area contributed by atoms with E-state index in [2.05, 4.69) is 106 Å². The summed E-state index contributed by atoms with van der Waals surface area (Å²) in [6.07, 6.45) is 0. The van der Waals surface area contributed by atoms with Gasteiger partial charge in [-0.2, -0.15) is 0 Å². The fourth-order valence-corrected chi connectivity index (χ4v) is 7.96. The molecule has 1 N–H and O–H groups in total. The molecule has 232 valence electrons. The number of carbonyl (C=O) groups is 1. The second kappa shape index (κ2) is 13.4. The highest BCUT2D eigenvalue weighted by Gasteiger charge is 2.33. The van der Waals surface area contributed by atoms with Gasteiger partial charge in [-0.1, -0.05) is 84.0 Å². The first-order chi connectivity index (χ1) is 20.3. The van der Waals surface area contributed by atoms with Crippen molar-refractivity contribution in [2.75, 3.05) is 0 Å². The summed E-state index contributed by atoms with van der Waals surface area (Å²) in [7, 11) is -1.62. The molecule has 5 nitrogen and oxygen atoms in total. The molecule has 1 heterocycles. The summed E-state index contributed by atoms with van der Waals surface area (Å²) in [5.41, 5.74) is 6.50. The van der Waals surface area contributed by atoms with Crippen LogP contribution in [-0.4, -0.2) is 31.7 Å². The Morgan fingerprint density at radius 3 is 1.81 bits per heavy atom. The van der Waals surface area contributed by atoms with Crippen LogP contribution in [0.1, 0.15) is 122 Å². The van der Waals surface area contributed by atoms with Crippen LogP contribution in [0.2, 0.25) is 0 Å². The lowest BCUT2D eigenvalue weighted by molar-refractivity contribution is -0.136. The third-order valence-corrected chi connectivity index (χ3v) is 9.84. The summed E-state index contributed by atoms with van der Waals surface area (Å²) < 4.78 is 20.3. The van der Waals surface area contributed by atoms with Crippen molar-refractivity contribution in [3.8, 4) is 0 Å². The van der Waals surface area contributed by atoms with Crippen LogP contribution in [0, 0.1) is 0 Å². The molecular formula is C37H51N3O2S. The van der Waals surface area contributed by atoms with Crippen LogP contribution in [0.3, 0.4) is 0 Å². The molecule has 0 saturated carbocycles. The first kappa shape index (κ1) is 32.9. The Morgan fingerprint density at radius 2 is 1.30 bits per heavy atom. The Bertz CT molecular complexity index is 1590. The molecule has 1 unspecified atom stereocenters. The normalized spacial score (nSPS) is 13.8. The van der Waals surface area contributed by atoms with E-state index in [1.54, 1.807) is 0 Å². The Labute approximate surface area is 261 Å². The number of fused-ring (bicyclic) bond motifs is 3. The number of nitrogens with zero attached hydrogens (tertiary/aromatic N) is 2. The molecule has 1 amide bonds. The maximum absolute atomic E-state index is 14.6. The van der Waals surface area contributed by atoms with E-state index in [1.807, 2.05) is 38.7 Å². The Hall–Kier alpha value is -2.96. The summed E-state index contributed by atoms with van der Waals surface area (Å²) in [4.78, 5) is 17.2. The molecule has 2 atom stereocenters. The second-order valence-electron chi connectivity index (χ2n) is 13.3. The molecule has 6 heteroatoms. The van der Waals surface area contributed by atoms with Gasteiger partial charge in [-0.05, 0) is 86.8 Å². The molecular weight excluding hydrogens is 550 g/mol. The summed E-state index contributed by atoms with van der Waals surface area (Å²) >= 11 is 0. The van der Waals surface area contributed by atoms with Crippen LogP contribution in [0.15, 0.2) is 59.5 Å². The zero-order valence-electron chi connectivity index (χ0n) is 28.0. The van der Waals surface area contributed by atoms with E-state index in [0.29, 0.717) is 5.92 Å². The first-order valence-corrected chi connectivity index (χ1v) is 17.1. The van der Waals surface area contributed by atoms with Gasteiger partial charge in [-0.15, -0.1) is 0 Å². The average Bonchev–Trinajstić information content (AvgIpc) is 3.27. The standard InChI is InChI=1S/C37H51N3O2S/c1-12-39-33-16-14-13-15-29(33)30-18-17-27(21-34(30)39)35(37(41)40(25(8)9)26(10)11)38-43(42)36-31(23(4)5)19-28(22(2)3)20-32(36)24(6)7/h13-26,35,38H,12H2,1-11H3/t35-,43?/m0/s1. The van der Waals surface area contributed by atoms with Crippen molar-refractivity contribution in [1.29, 1.82) is 0 Å². The molecule has 0 aliphatic rings. The van der Waals surface area contributed by atoms with Crippen LogP contribution in [0.25, 0.3) is 21.8 Å². The van der Waals surface area contributed by atoms with Crippen LogP contribution in [0.4, 0.5) is 0 Å². The molecule has 43 heavy (non-hydrogen) atoms. The van der Waals surface area contributed by atoms with Gasteiger partial charge >= 0.3 is 0 Å². The molecule has 0 spiro atoms. The highest BCUT2D eigenvalue weighted by Crippen LogP contribution is 2.36. The number of rotatable bonds is 11. The number of para-hydroxylation sites is 1. The van der Waals surface area contributed by atoms with E-state index in [9.17, 15) is 9.00 Å². The number of carbonyl (C=O) groups excluding carboxylic acids is 1. The summed E-state index contributed by atoms with van der Waals surface area (Å²) in [6.45, 7) is 24.2. The number of aromatic nitrogens is 1. The summed E-state index contributed by atoms with van der Waals surface area (Å²) in [6, 6.07) is 18.4.